The number of ketones is 1. The predicted molar refractivity (Wildman–Crippen MR) is 84.8 cm³/mol. The Morgan fingerprint density at radius 1 is 1.48 bits per heavy atom. The van der Waals surface area contributed by atoms with Crippen LogP contribution in [0.2, 0.25) is 0 Å². The van der Waals surface area contributed by atoms with Crippen LogP contribution in [-0.4, -0.2) is 18.4 Å². The van der Waals surface area contributed by atoms with Crippen molar-refractivity contribution in [2.75, 3.05) is 6.61 Å². The molecule has 0 unspecified atom stereocenters. The van der Waals surface area contributed by atoms with Crippen LogP contribution in [0.3, 0.4) is 0 Å². The van der Waals surface area contributed by atoms with Crippen LogP contribution >= 0.6 is 0 Å². The molecular formula is C18H26O3. The van der Waals surface area contributed by atoms with Crippen molar-refractivity contribution in [2.45, 2.75) is 47.0 Å². The molecular weight excluding hydrogens is 264 g/mol. The Kier molecular flexibility index (Phi) is 6.60. The molecule has 1 rings (SSSR count). The molecule has 3 nitrogen and oxygen atoms in total. The normalized spacial score (nSPS) is 22.8. The van der Waals surface area contributed by atoms with E-state index in [9.17, 15) is 9.59 Å². The highest BCUT2D eigenvalue weighted by Crippen LogP contribution is 2.34. The molecule has 0 aliphatic heterocycles. The summed E-state index contributed by atoms with van der Waals surface area (Å²) in [4.78, 5) is 23.9. The maximum Gasteiger partial charge on any atom is 0.333 e. The lowest BCUT2D eigenvalue weighted by Crippen LogP contribution is -2.28. The number of hydrogen-bond acceptors (Lipinski definition) is 3. The first-order valence-corrected chi connectivity index (χ1v) is 7.58. The lowest BCUT2D eigenvalue weighted by atomic mass is 9.74. The SMILES string of the molecule is C=C(C)[C@@H]1CC=C(C)C(=O)[C@H]1CC/C=C(/C)C(=O)OCC. The predicted octanol–water partition coefficient (Wildman–Crippen LogP) is 4.00. The molecule has 0 fully saturated rings. The van der Waals surface area contributed by atoms with Gasteiger partial charge in [0.25, 0.3) is 0 Å². The van der Waals surface area contributed by atoms with Crippen molar-refractivity contribution in [3.63, 3.8) is 0 Å². The highest BCUT2D eigenvalue weighted by Gasteiger charge is 2.31. The fourth-order valence-corrected chi connectivity index (χ4v) is 2.73. The van der Waals surface area contributed by atoms with Gasteiger partial charge in [-0.05, 0) is 58.4 Å². The summed E-state index contributed by atoms with van der Waals surface area (Å²) in [5.41, 5.74) is 2.52. The Morgan fingerprint density at radius 3 is 2.71 bits per heavy atom. The van der Waals surface area contributed by atoms with Gasteiger partial charge in [0, 0.05) is 11.5 Å². The third-order valence-corrected chi connectivity index (χ3v) is 4.05. The highest BCUT2D eigenvalue weighted by molar-refractivity contribution is 5.97. The van der Waals surface area contributed by atoms with Gasteiger partial charge in [0.15, 0.2) is 5.78 Å². The van der Waals surface area contributed by atoms with E-state index in [2.05, 4.69) is 6.58 Å². The summed E-state index contributed by atoms with van der Waals surface area (Å²) in [7, 11) is 0. The molecule has 0 amide bonds. The number of hydrogen-bond donors (Lipinski definition) is 0. The zero-order valence-corrected chi connectivity index (χ0v) is 13.6. The number of ether oxygens (including phenoxy) is 1. The quantitative estimate of drug-likeness (QED) is 0.422. The zero-order valence-electron chi connectivity index (χ0n) is 13.6. The third-order valence-electron chi connectivity index (χ3n) is 4.05. The van der Waals surface area contributed by atoms with E-state index >= 15 is 0 Å². The standard InChI is InChI=1S/C18H26O3/c1-6-21-18(20)14(5)8-7-9-16-15(12(2)3)11-10-13(4)17(16)19/h8,10,15-16H,2,6-7,9,11H2,1,3-5H3/b14-8-/t15-,16-/m0/s1. The minimum Gasteiger partial charge on any atom is -0.463 e. The summed E-state index contributed by atoms with van der Waals surface area (Å²) in [5.74, 6) is 0.146. The van der Waals surface area contributed by atoms with Gasteiger partial charge in [0.05, 0.1) is 6.61 Å². The van der Waals surface area contributed by atoms with Crippen LogP contribution < -0.4 is 0 Å². The lowest BCUT2D eigenvalue weighted by molar-refractivity contribution is -0.138. The minimum absolute atomic E-state index is 0.0151. The van der Waals surface area contributed by atoms with E-state index in [1.165, 1.54) is 0 Å². The van der Waals surface area contributed by atoms with E-state index in [0.29, 0.717) is 18.6 Å². The van der Waals surface area contributed by atoms with Crippen LogP contribution in [0.15, 0.2) is 35.5 Å². The number of allylic oxidation sites excluding steroid dienone is 4. The molecule has 0 spiro atoms. The Balaban J connectivity index is 2.69. The van der Waals surface area contributed by atoms with E-state index in [4.69, 9.17) is 4.74 Å². The molecule has 1 aliphatic carbocycles. The van der Waals surface area contributed by atoms with Crippen LogP contribution in [0.1, 0.15) is 47.0 Å². The fraction of sp³-hybridized carbons (Fsp3) is 0.556. The molecule has 0 bridgehead atoms. The minimum atomic E-state index is -0.278. The van der Waals surface area contributed by atoms with Crippen molar-refractivity contribution in [1.82, 2.24) is 0 Å². The Labute approximate surface area is 127 Å². The van der Waals surface area contributed by atoms with Gasteiger partial charge in [0.1, 0.15) is 0 Å². The van der Waals surface area contributed by atoms with Crippen molar-refractivity contribution in [1.29, 1.82) is 0 Å². The topological polar surface area (TPSA) is 43.4 Å². The van der Waals surface area contributed by atoms with Crippen LogP contribution in [-0.2, 0) is 14.3 Å². The zero-order chi connectivity index (χ0) is 16.0. The maximum atomic E-state index is 12.3. The first-order valence-electron chi connectivity index (χ1n) is 7.58. The van der Waals surface area contributed by atoms with Crippen molar-refractivity contribution in [3.8, 4) is 0 Å². The molecule has 3 heteroatoms. The summed E-state index contributed by atoms with van der Waals surface area (Å²) in [6, 6.07) is 0. The second-order valence-corrected chi connectivity index (χ2v) is 5.73. The molecule has 0 saturated heterocycles. The summed E-state index contributed by atoms with van der Waals surface area (Å²) in [5, 5.41) is 0. The number of carbonyl (C=O) groups excluding carboxylic acids is 2. The lowest BCUT2D eigenvalue weighted by Gasteiger charge is -2.29. The van der Waals surface area contributed by atoms with Gasteiger partial charge < -0.3 is 4.74 Å². The number of carbonyl (C=O) groups is 2. The number of esters is 1. The van der Waals surface area contributed by atoms with Gasteiger partial charge >= 0.3 is 5.97 Å². The molecule has 0 saturated carbocycles. The second kappa shape index (κ2) is 7.96. The first-order chi connectivity index (χ1) is 9.88. The average molecular weight is 290 g/mol. The van der Waals surface area contributed by atoms with Crippen LogP contribution in [0.25, 0.3) is 0 Å². The first kappa shape index (κ1) is 17.4. The Bertz CT molecular complexity index is 483. The van der Waals surface area contributed by atoms with E-state index in [0.717, 1.165) is 24.0 Å². The van der Waals surface area contributed by atoms with E-state index < -0.39 is 0 Å². The van der Waals surface area contributed by atoms with Gasteiger partial charge in [-0.25, -0.2) is 4.79 Å². The molecule has 0 heterocycles. The summed E-state index contributed by atoms with van der Waals surface area (Å²) in [6.07, 6.45) is 6.22. The molecule has 0 aromatic rings. The van der Waals surface area contributed by atoms with E-state index in [-0.39, 0.29) is 23.6 Å². The monoisotopic (exact) mass is 290 g/mol. The summed E-state index contributed by atoms with van der Waals surface area (Å²) >= 11 is 0. The molecule has 0 N–H and O–H groups in total. The van der Waals surface area contributed by atoms with E-state index in [1.54, 1.807) is 13.8 Å². The molecule has 0 radical (unpaired) electrons. The summed E-state index contributed by atoms with van der Waals surface area (Å²) < 4.78 is 4.95. The van der Waals surface area contributed by atoms with Crippen molar-refractivity contribution in [3.05, 3.63) is 35.5 Å². The average Bonchev–Trinajstić information content (AvgIpc) is 2.43. The highest BCUT2D eigenvalue weighted by atomic mass is 16.5. The smallest absolute Gasteiger partial charge is 0.333 e. The second-order valence-electron chi connectivity index (χ2n) is 5.73. The van der Waals surface area contributed by atoms with Gasteiger partial charge in [0.2, 0.25) is 0 Å². The number of Topliss-reactive ketones (excluding diaryl/α,β-unsaturated/α-hetero) is 1. The van der Waals surface area contributed by atoms with Crippen molar-refractivity contribution >= 4 is 11.8 Å². The van der Waals surface area contributed by atoms with Gasteiger partial charge in [-0.3, -0.25) is 4.79 Å². The van der Waals surface area contributed by atoms with Crippen molar-refractivity contribution < 1.29 is 14.3 Å². The Hall–Kier alpha value is -1.64. The van der Waals surface area contributed by atoms with Crippen LogP contribution in [0.5, 0.6) is 0 Å². The molecule has 0 aromatic carbocycles. The number of rotatable bonds is 6. The van der Waals surface area contributed by atoms with Crippen LogP contribution in [0.4, 0.5) is 0 Å². The molecule has 21 heavy (non-hydrogen) atoms. The molecule has 116 valence electrons. The van der Waals surface area contributed by atoms with Gasteiger partial charge in [-0.15, -0.1) is 0 Å². The third kappa shape index (κ3) is 4.69. The maximum absolute atomic E-state index is 12.3. The molecule has 2 atom stereocenters. The summed E-state index contributed by atoms with van der Waals surface area (Å²) in [6.45, 7) is 11.8. The van der Waals surface area contributed by atoms with Gasteiger partial charge in [-0.2, -0.15) is 0 Å². The van der Waals surface area contributed by atoms with Crippen LogP contribution in [0, 0.1) is 11.8 Å². The fourth-order valence-electron chi connectivity index (χ4n) is 2.73. The molecule has 0 aromatic heterocycles. The molecule has 1 aliphatic rings. The largest absolute Gasteiger partial charge is 0.463 e. The van der Waals surface area contributed by atoms with Gasteiger partial charge in [-0.1, -0.05) is 24.3 Å². The Morgan fingerprint density at radius 2 is 2.14 bits per heavy atom. The van der Waals surface area contributed by atoms with Crippen molar-refractivity contribution in [2.24, 2.45) is 11.8 Å². The van der Waals surface area contributed by atoms with E-state index in [1.807, 2.05) is 26.0 Å².